The molecule has 0 aliphatic carbocycles. The molecule has 2 aromatic heterocycles. The van der Waals surface area contributed by atoms with Gasteiger partial charge >= 0.3 is 0 Å². The standard InChI is InChI=1S/C20H21N5O4S/c1-29-18-4-3-17(21-10-18)13-25-12-15-2-5-19(8-16(15)9-22-25)30(27,28)20-11-23-24(14-20)6-7-26/h2-5,8-11,14,26H,6-7,12-13H2,1H3. The molecule has 0 bridgehead atoms. The molecule has 30 heavy (non-hydrogen) atoms. The number of ether oxygens (including phenoxy) is 1. The van der Waals surface area contributed by atoms with Crippen molar-refractivity contribution >= 4 is 16.1 Å². The number of benzene rings is 1. The number of hydrogen-bond acceptors (Lipinski definition) is 8. The maximum Gasteiger partial charge on any atom is 0.209 e. The van der Waals surface area contributed by atoms with Crippen molar-refractivity contribution in [2.75, 3.05) is 13.7 Å². The number of pyridine rings is 1. The summed E-state index contributed by atoms with van der Waals surface area (Å²) in [6.07, 6.45) is 6.04. The highest BCUT2D eigenvalue weighted by Crippen LogP contribution is 2.25. The largest absolute Gasteiger partial charge is 0.495 e. The van der Waals surface area contributed by atoms with E-state index in [0.717, 1.165) is 16.8 Å². The molecular formula is C20H21N5O4S. The Morgan fingerprint density at radius 2 is 2.03 bits per heavy atom. The quantitative estimate of drug-likeness (QED) is 0.608. The molecule has 156 valence electrons. The minimum atomic E-state index is -3.70. The molecule has 0 amide bonds. The van der Waals surface area contributed by atoms with Gasteiger partial charge in [-0.15, -0.1) is 0 Å². The maximum absolute atomic E-state index is 12.9. The first-order chi connectivity index (χ1) is 14.5. The Kier molecular flexibility index (Phi) is 5.51. The minimum absolute atomic E-state index is 0.0934. The number of methoxy groups -OCH3 is 1. The van der Waals surface area contributed by atoms with Crippen molar-refractivity contribution in [3.63, 3.8) is 0 Å². The van der Waals surface area contributed by atoms with Crippen molar-refractivity contribution in [3.05, 3.63) is 65.7 Å². The second-order valence-corrected chi connectivity index (χ2v) is 8.73. The predicted molar refractivity (Wildman–Crippen MR) is 109 cm³/mol. The zero-order valence-corrected chi connectivity index (χ0v) is 17.2. The molecular weight excluding hydrogens is 406 g/mol. The molecule has 4 rings (SSSR count). The number of rotatable bonds is 7. The van der Waals surface area contributed by atoms with Gasteiger partial charge in [-0.3, -0.25) is 14.7 Å². The molecule has 1 N–H and O–H groups in total. The average Bonchev–Trinajstić information content (AvgIpc) is 3.24. The summed E-state index contributed by atoms with van der Waals surface area (Å²) in [6, 6.07) is 8.77. The average molecular weight is 427 g/mol. The molecule has 0 radical (unpaired) electrons. The van der Waals surface area contributed by atoms with Crippen molar-refractivity contribution in [2.45, 2.75) is 29.4 Å². The van der Waals surface area contributed by atoms with Crippen molar-refractivity contribution < 1.29 is 18.3 Å². The molecule has 0 fully saturated rings. The Hall–Kier alpha value is -3.24. The second kappa shape index (κ2) is 8.25. The highest BCUT2D eigenvalue weighted by atomic mass is 32.2. The molecule has 0 atom stereocenters. The van der Waals surface area contributed by atoms with Crippen molar-refractivity contribution in [1.82, 2.24) is 19.8 Å². The van der Waals surface area contributed by atoms with Crippen LogP contribution in [0.25, 0.3) is 0 Å². The van der Waals surface area contributed by atoms with Crippen LogP contribution in [0.1, 0.15) is 16.8 Å². The third-order valence-corrected chi connectivity index (χ3v) is 6.47. The molecule has 0 unspecified atom stereocenters. The summed E-state index contributed by atoms with van der Waals surface area (Å²) in [6.45, 7) is 1.21. The van der Waals surface area contributed by atoms with Crippen LogP contribution in [-0.4, -0.2) is 53.2 Å². The summed E-state index contributed by atoms with van der Waals surface area (Å²) in [5.74, 6) is 0.696. The van der Waals surface area contributed by atoms with Crippen LogP contribution in [-0.2, 0) is 29.5 Å². The van der Waals surface area contributed by atoms with Gasteiger partial charge in [0.05, 0.1) is 62.5 Å². The van der Waals surface area contributed by atoms with E-state index in [9.17, 15) is 8.42 Å². The fourth-order valence-electron chi connectivity index (χ4n) is 3.14. The van der Waals surface area contributed by atoms with E-state index in [0.29, 0.717) is 18.8 Å². The Morgan fingerprint density at radius 1 is 1.17 bits per heavy atom. The van der Waals surface area contributed by atoms with Crippen LogP contribution in [0.15, 0.2) is 63.8 Å². The molecule has 1 aliphatic heterocycles. The lowest BCUT2D eigenvalue weighted by atomic mass is 10.1. The van der Waals surface area contributed by atoms with Crippen LogP contribution in [0.4, 0.5) is 0 Å². The second-order valence-electron chi connectivity index (χ2n) is 6.78. The minimum Gasteiger partial charge on any atom is -0.495 e. The van der Waals surface area contributed by atoms with Gasteiger partial charge in [-0.1, -0.05) is 6.07 Å². The third kappa shape index (κ3) is 4.05. The van der Waals surface area contributed by atoms with E-state index in [1.54, 1.807) is 37.7 Å². The van der Waals surface area contributed by atoms with Crippen LogP contribution in [0.5, 0.6) is 5.75 Å². The van der Waals surface area contributed by atoms with Crippen LogP contribution in [0, 0.1) is 0 Å². The van der Waals surface area contributed by atoms with Gasteiger partial charge in [0.25, 0.3) is 0 Å². The molecule has 9 nitrogen and oxygen atoms in total. The van der Waals surface area contributed by atoms with Crippen LogP contribution >= 0.6 is 0 Å². The summed E-state index contributed by atoms with van der Waals surface area (Å²) in [7, 11) is -2.11. The van der Waals surface area contributed by atoms with E-state index in [2.05, 4.69) is 15.2 Å². The van der Waals surface area contributed by atoms with Gasteiger partial charge in [0.15, 0.2) is 0 Å². The van der Waals surface area contributed by atoms with E-state index in [4.69, 9.17) is 9.84 Å². The van der Waals surface area contributed by atoms with Crippen LogP contribution < -0.4 is 4.74 Å². The number of fused-ring (bicyclic) bond motifs is 1. The highest BCUT2D eigenvalue weighted by molar-refractivity contribution is 7.91. The van der Waals surface area contributed by atoms with Gasteiger partial charge in [0.1, 0.15) is 10.6 Å². The summed E-state index contributed by atoms with van der Waals surface area (Å²) in [5.41, 5.74) is 2.60. The van der Waals surface area contributed by atoms with Gasteiger partial charge in [-0.05, 0) is 29.8 Å². The maximum atomic E-state index is 12.9. The first-order valence-electron chi connectivity index (χ1n) is 9.29. The summed E-state index contributed by atoms with van der Waals surface area (Å²) < 4.78 is 32.3. The zero-order valence-electron chi connectivity index (χ0n) is 16.3. The van der Waals surface area contributed by atoms with Crippen LogP contribution in [0.3, 0.4) is 0 Å². The van der Waals surface area contributed by atoms with E-state index in [1.807, 2.05) is 17.1 Å². The lowest BCUT2D eigenvalue weighted by Gasteiger charge is -2.24. The fourth-order valence-corrected chi connectivity index (χ4v) is 4.39. The van der Waals surface area contributed by atoms with Crippen molar-refractivity contribution in [1.29, 1.82) is 0 Å². The summed E-state index contributed by atoms with van der Waals surface area (Å²) in [5, 5.41) is 19.3. The number of sulfone groups is 1. The monoisotopic (exact) mass is 427 g/mol. The Balaban J connectivity index is 1.52. The number of aliphatic hydroxyl groups excluding tert-OH is 1. The third-order valence-electron chi connectivity index (χ3n) is 4.77. The summed E-state index contributed by atoms with van der Waals surface area (Å²) in [4.78, 5) is 4.63. The van der Waals surface area contributed by atoms with E-state index < -0.39 is 9.84 Å². The van der Waals surface area contributed by atoms with Crippen molar-refractivity contribution in [3.8, 4) is 5.75 Å². The Bertz CT molecular complexity index is 1170. The Labute approximate surface area is 174 Å². The number of hydrazone groups is 1. The first kappa shape index (κ1) is 20.0. The molecule has 3 heterocycles. The molecule has 10 heteroatoms. The lowest BCUT2D eigenvalue weighted by Crippen LogP contribution is -2.22. The van der Waals surface area contributed by atoms with Gasteiger partial charge in [0.2, 0.25) is 9.84 Å². The normalized spacial score (nSPS) is 13.3. The zero-order chi connectivity index (χ0) is 21.1. The van der Waals surface area contributed by atoms with E-state index in [1.165, 1.54) is 17.1 Å². The smallest absolute Gasteiger partial charge is 0.209 e. The topological polar surface area (TPSA) is 110 Å². The van der Waals surface area contributed by atoms with Gasteiger partial charge in [0, 0.05) is 11.8 Å². The van der Waals surface area contributed by atoms with Gasteiger partial charge in [-0.2, -0.15) is 10.2 Å². The van der Waals surface area contributed by atoms with E-state index in [-0.39, 0.29) is 22.9 Å². The summed E-state index contributed by atoms with van der Waals surface area (Å²) >= 11 is 0. The SMILES string of the molecule is COc1ccc(CN2Cc3ccc(S(=O)(=O)c4cnn(CCO)c4)cc3C=N2)nc1. The predicted octanol–water partition coefficient (Wildman–Crippen LogP) is 1.46. The number of hydrogen-bond donors (Lipinski definition) is 1. The molecule has 3 aromatic rings. The first-order valence-corrected chi connectivity index (χ1v) is 10.8. The van der Waals surface area contributed by atoms with Gasteiger partial charge in [-0.25, -0.2) is 8.42 Å². The van der Waals surface area contributed by atoms with E-state index >= 15 is 0 Å². The number of aliphatic hydroxyl groups is 1. The molecule has 1 aliphatic rings. The van der Waals surface area contributed by atoms with Gasteiger partial charge < -0.3 is 9.84 Å². The Morgan fingerprint density at radius 3 is 2.77 bits per heavy atom. The van der Waals surface area contributed by atoms with Crippen LogP contribution in [0.2, 0.25) is 0 Å². The fraction of sp³-hybridized carbons (Fsp3) is 0.250. The van der Waals surface area contributed by atoms with Crippen molar-refractivity contribution in [2.24, 2.45) is 5.10 Å². The molecule has 0 saturated carbocycles. The highest BCUT2D eigenvalue weighted by Gasteiger charge is 2.22. The molecule has 0 saturated heterocycles. The molecule has 1 aromatic carbocycles. The lowest BCUT2D eigenvalue weighted by molar-refractivity contribution is 0.264. The number of nitrogens with zero attached hydrogens (tertiary/aromatic N) is 5. The number of aromatic nitrogens is 3. The molecule has 0 spiro atoms.